The average Bonchev–Trinajstić information content (AvgIpc) is 2.20. The summed E-state index contributed by atoms with van der Waals surface area (Å²) in [5.41, 5.74) is 6.71. The molecule has 0 saturated carbocycles. The van der Waals surface area contributed by atoms with Crippen molar-refractivity contribution in [2.24, 2.45) is 0 Å². The quantitative estimate of drug-likeness (QED) is 0.574. The van der Waals surface area contributed by atoms with Gasteiger partial charge in [-0.2, -0.15) is 0 Å². The van der Waals surface area contributed by atoms with E-state index in [9.17, 15) is 13.9 Å². The molecule has 0 fully saturated rings. The molecule has 0 amide bonds. The maximum absolute atomic E-state index is 13.0. The summed E-state index contributed by atoms with van der Waals surface area (Å²) in [6.07, 6.45) is 0. The lowest BCUT2D eigenvalue weighted by Crippen LogP contribution is -1.91. The first kappa shape index (κ1) is 10.4. The van der Waals surface area contributed by atoms with Crippen LogP contribution in [0.3, 0.4) is 0 Å². The zero-order chi connectivity index (χ0) is 11.7. The van der Waals surface area contributed by atoms with E-state index in [0.717, 1.165) is 18.2 Å². The van der Waals surface area contributed by atoms with Crippen LogP contribution < -0.4 is 5.73 Å². The predicted octanol–water partition coefficient (Wildman–Crippen LogP) is 2.92. The summed E-state index contributed by atoms with van der Waals surface area (Å²) in [6, 6.07) is 7.36. The molecule has 2 rings (SSSR count). The van der Waals surface area contributed by atoms with Crippen LogP contribution in [0.1, 0.15) is 0 Å². The highest BCUT2D eigenvalue weighted by atomic mass is 19.1. The van der Waals surface area contributed by atoms with Crippen LogP contribution in [0.25, 0.3) is 11.1 Å². The molecular weight excluding hydrogens is 212 g/mol. The number of hydrogen-bond acceptors (Lipinski definition) is 2. The molecule has 0 aromatic heterocycles. The Morgan fingerprint density at radius 3 is 2.19 bits per heavy atom. The molecule has 0 heterocycles. The van der Waals surface area contributed by atoms with Crippen molar-refractivity contribution in [1.29, 1.82) is 0 Å². The predicted molar refractivity (Wildman–Crippen MR) is 57.9 cm³/mol. The van der Waals surface area contributed by atoms with E-state index in [1.807, 2.05) is 0 Å². The molecule has 0 aliphatic rings. The van der Waals surface area contributed by atoms with Crippen molar-refractivity contribution in [3.8, 4) is 16.9 Å². The Morgan fingerprint density at radius 1 is 0.938 bits per heavy atom. The Kier molecular flexibility index (Phi) is 2.48. The van der Waals surface area contributed by atoms with E-state index in [1.54, 1.807) is 0 Å². The van der Waals surface area contributed by atoms with Gasteiger partial charge in [0.1, 0.15) is 17.4 Å². The molecule has 16 heavy (non-hydrogen) atoms. The van der Waals surface area contributed by atoms with Gasteiger partial charge in [-0.05, 0) is 35.9 Å². The van der Waals surface area contributed by atoms with E-state index in [1.165, 1.54) is 18.2 Å². The number of nitrogens with two attached hydrogens (primary N) is 1. The molecular formula is C12H9F2NO. The number of phenolic OH excluding ortho intramolecular Hbond substituents is 1. The number of phenols is 1. The van der Waals surface area contributed by atoms with Crippen molar-refractivity contribution < 1.29 is 13.9 Å². The van der Waals surface area contributed by atoms with Crippen molar-refractivity contribution in [3.63, 3.8) is 0 Å². The van der Waals surface area contributed by atoms with Crippen LogP contribution in [0, 0.1) is 11.6 Å². The fourth-order valence-corrected chi connectivity index (χ4v) is 1.50. The van der Waals surface area contributed by atoms with Crippen LogP contribution in [-0.2, 0) is 0 Å². The maximum Gasteiger partial charge on any atom is 0.126 e. The van der Waals surface area contributed by atoms with E-state index in [2.05, 4.69) is 0 Å². The minimum Gasteiger partial charge on any atom is -0.508 e. The number of benzene rings is 2. The molecule has 0 bridgehead atoms. The number of anilines is 1. The summed E-state index contributed by atoms with van der Waals surface area (Å²) in [5.74, 6) is -1.37. The van der Waals surface area contributed by atoms with Gasteiger partial charge in [0.25, 0.3) is 0 Å². The van der Waals surface area contributed by atoms with Crippen LogP contribution in [0.15, 0.2) is 36.4 Å². The molecule has 0 spiro atoms. The van der Waals surface area contributed by atoms with Gasteiger partial charge in [0.15, 0.2) is 0 Å². The first-order valence-corrected chi connectivity index (χ1v) is 4.61. The van der Waals surface area contributed by atoms with E-state index < -0.39 is 11.6 Å². The number of halogens is 2. The van der Waals surface area contributed by atoms with Crippen molar-refractivity contribution in [2.75, 3.05) is 5.73 Å². The number of aromatic hydroxyl groups is 1. The highest BCUT2D eigenvalue weighted by Crippen LogP contribution is 2.30. The van der Waals surface area contributed by atoms with Crippen LogP contribution in [-0.4, -0.2) is 5.11 Å². The second kappa shape index (κ2) is 3.81. The Hall–Kier alpha value is -2.10. The van der Waals surface area contributed by atoms with Gasteiger partial charge in [-0.15, -0.1) is 0 Å². The lowest BCUT2D eigenvalue weighted by atomic mass is 10.0. The van der Waals surface area contributed by atoms with Crippen molar-refractivity contribution >= 4 is 5.69 Å². The minimum absolute atomic E-state index is 0.00568. The Morgan fingerprint density at radius 2 is 1.56 bits per heavy atom. The standard InChI is InChI=1S/C12H9F2NO/c13-8-3-7(4-9(14)5-8)11-6-10(16)1-2-12(11)15/h1-6,16H,15H2. The summed E-state index contributed by atoms with van der Waals surface area (Å²) in [6.45, 7) is 0. The molecule has 0 aliphatic heterocycles. The molecule has 0 atom stereocenters. The first-order valence-electron chi connectivity index (χ1n) is 4.61. The average molecular weight is 221 g/mol. The van der Waals surface area contributed by atoms with Crippen LogP contribution in [0.4, 0.5) is 14.5 Å². The van der Waals surface area contributed by atoms with E-state index in [4.69, 9.17) is 5.73 Å². The van der Waals surface area contributed by atoms with Gasteiger partial charge in [-0.3, -0.25) is 0 Å². The maximum atomic E-state index is 13.0. The third kappa shape index (κ3) is 1.95. The van der Waals surface area contributed by atoms with Gasteiger partial charge in [-0.25, -0.2) is 8.78 Å². The third-order valence-electron chi connectivity index (χ3n) is 2.21. The minimum atomic E-state index is -0.683. The smallest absolute Gasteiger partial charge is 0.126 e. The van der Waals surface area contributed by atoms with Gasteiger partial charge in [-0.1, -0.05) is 0 Å². The van der Waals surface area contributed by atoms with E-state index >= 15 is 0 Å². The highest BCUT2D eigenvalue weighted by molar-refractivity contribution is 5.77. The van der Waals surface area contributed by atoms with E-state index in [0.29, 0.717) is 16.8 Å². The lowest BCUT2D eigenvalue weighted by Gasteiger charge is -2.06. The van der Waals surface area contributed by atoms with Gasteiger partial charge in [0.05, 0.1) is 0 Å². The molecule has 82 valence electrons. The molecule has 2 aromatic rings. The molecule has 2 aromatic carbocycles. The number of hydrogen-bond donors (Lipinski definition) is 2. The molecule has 3 N–H and O–H groups in total. The fourth-order valence-electron chi connectivity index (χ4n) is 1.50. The van der Waals surface area contributed by atoms with Crippen molar-refractivity contribution in [1.82, 2.24) is 0 Å². The summed E-state index contributed by atoms with van der Waals surface area (Å²) in [5, 5.41) is 9.29. The van der Waals surface area contributed by atoms with Gasteiger partial charge in [0, 0.05) is 17.3 Å². The topological polar surface area (TPSA) is 46.2 Å². The van der Waals surface area contributed by atoms with Gasteiger partial charge in [0.2, 0.25) is 0 Å². The molecule has 0 aliphatic carbocycles. The zero-order valence-electron chi connectivity index (χ0n) is 8.24. The van der Waals surface area contributed by atoms with Gasteiger partial charge < -0.3 is 10.8 Å². The van der Waals surface area contributed by atoms with Crippen LogP contribution in [0.5, 0.6) is 5.75 Å². The largest absolute Gasteiger partial charge is 0.508 e. The van der Waals surface area contributed by atoms with Crippen LogP contribution >= 0.6 is 0 Å². The summed E-state index contributed by atoms with van der Waals surface area (Å²) in [4.78, 5) is 0. The third-order valence-corrected chi connectivity index (χ3v) is 2.21. The normalized spacial score (nSPS) is 10.4. The highest BCUT2D eigenvalue weighted by Gasteiger charge is 2.07. The number of nitrogen functional groups attached to an aromatic ring is 1. The Bertz CT molecular complexity index is 520. The fraction of sp³-hybridized carbons (Fsp3) is 0. The van der Waals surface area contributed by atoms with Crippen molar-refractivity contribution in [2.45, 2.75) is 0 Å². The second-order valence-electron chi connectivity index (χ2n) is 3.43. The molecule has 4 heteroatoms. The second-order valence-corrected chi connectivity index (χ2v) is 3.43. The van der Waals surface area contributed by atoms with E-state index in [-0.39, 0.29) is 5.75 Å². The summed E-state index contributed by atoms with van der Waals surface area (Å²) < 4.78 is 26.0. The molecule has 2 nitrogen and oxygen atoms in total. The lowest BCUT2D eigenvalue weighted by molar-refractivity contribution is 0.475. The SMILES string of the molecule is Nc1ccc(O)cc1-c1cc(F)cc(F)c1. The summed E-state index contributed by atoms with van der Waals surface area (Å²) in [7, 11) is 0. The van der Waals surface area contributed by atoms with Gasteiger partial charge >= 0.3 is 0 Å². The first-order chi connectivity index (χ1) is 7.56. The van der Waals surface area contributed by atoms with Crippen LogP contribution in [0.2, 0.25) is 0 Å². The molecule has 0 saturated heterocycles. The number of rotatable bonds is 1. The summed E-state index contributed by atoms with van der Waals surface area (Å²) >= 11 is 0. The Balaban J connectivity index is 2.62. The Labute approximate surface area is 91.0 Å². The molecule has 0 unspecified atom stereocenters. The monoisotopic (exact) mass is 221 g/mol. The molecule has 0 radical (unpaired) electrons. The zero-order valence-corrected chi connectivity index (χ0v) is 8.24. The van der Waals surface area contributed by atoms with Crippen molar-refractivity contribution in [3.05, 3.63) is 48.0 Å².